The molecule has 1 N–H and O–H groups in total. The summed E-state index contributed by atoms with van der Waals surface area (Å²) >= 11 is 5.13. The molecule has 0 heterocycles. The fraction of sp³-hybridized carbons (Fsp3) is 0.125. The minimum absolute atomic E-state index is 0.320. The molecule has 3 nitrogen and oxygen atoms in total. The molecule has 0 aliphatic carbocycles. The molecule has 0 atom stereocenters. The largest absolute Gasteiger partial charge is 0.497 e. The van der Waals surface area contributed by atoms with Gasteiger partial charge in [-0.25, -0.2) is 0 Å². The van der Waals surface area contributed by atoms with E-state index in [4.69, 9.17) is 16.5 Å². The van der Waals surface area contributed by atoms with Gasteiger partial charge in [-0.05, 0) is 24.3 Å². The Labute approximate surface area is 75.4 Å². The van der Waals surface area contributed by atoms with Gasteiger partial charge in [0.2, 0.25) is 0 Å². The highest BCUT2D eigenvalue weighted by Gasteiger charge is 2.02. The number of methoxy groups -OCH3 is 1. The predicted molar refractivity (Wildman–Crippen MR) is 46.3 cm³/mol. The van der Waals surface area contributed by atoms with Crippen molar-refractivity contribution >= 4 is 17.7 Å². The van der Waals surface area contributed by atoms with E-state index in [1.54, 1.807) is 31.4 Å². The first-order chi connectivity index (χ1) is 5.77. The van der Waals surface area contributed by atoms with Crippen LogP contribution in [0.5, 0.6) is 5.75 Å². The first-order valence-electron chi connectivity index (χ1n) is 3.33. The second-order valence-corrected chi connectivity index (χ2v) is 2.34. The summed E-state index contributed by atoms with van der Waals surface area (Å²) in [5.74, 6) is 0.389. The minimum Gasteiger partial charge on any atom is -0.497 e. The molecule has 0 saturated carbocycles. The van der Waals surface area contributed by atoms with Crippen LogP contribution in [0.3, 0.4) is 0 Å². The lowest BCUT2D eigenvalue weighted by atomic mass is 10.2. The Morgan fingerprint density at radius 3 is 2.42 bits per heavy atom. The third-order valence-corrected chi connectivity index (χ3v) is 1.61. The summed E-state index contributed by atoms with van der Waals surface area (Å²) in [5, 5.41) is 0. The van der Waals surface area contributed by atoms with Crippen molar-refractivity contribution in [3.63, 3.8) is 0 Å². The number of nitrogens with one attached hydrogen (secondary N) is 1. The van der Waals surface area contributed by atoms with Crippen molar-refractivity contribution in [1.29, 1.82) is 0 Å². The van der Waals surface area contributed by atoms with Crippen LogP contribution in [0.4, 0.5) is 0 Å². The first kappa shape index (κ1) is 8.87. The van der Waals surface area contributed by atoms with E-state index in [0.29, 0.717) is 11.3 Å². The van der Waals surface area contributed by atoms with Gasteiger partial charge in [0.25, 0.3) is 5.91 Å². The van der Waals surface area contributed by atoms with Crippen LogP contribution in [0, 0.1) is 0 Å². The second-order valence-electron chi connectivity index (χ2n) is 2.15. The van der Waals surface area contributed by atoms with Crippen LogP contribution in [0.25, 0.3) is 0 Å². The maximum absolute atomic E-state index is 10.9. The second kappa shape index (κ2) is 3.97. The number of benzene rings is 1. The van der Waals surface area contributed by atoms with Gasteiger partial charge in [0.1, 0.15) is 5.75 Å². The minimum atomic E-state index is -0.320. The lowest BCUT2D eigenvalue weighted by molar-refractivity contribution is 0.0982. The van der Waals surface area contributed by atoms with Gasteiger partial charge in [0.05, 0.1) is 7.11 Å². The number of halogens is 1. The fourth-order valence-corrected chi connectivity index (χ4v) is 0.906. The van der Waals surface area contributed by atoms with Crippen molar-refractivity contribution in [2.45, 2.75) is 0 Å². The molecule has 12 heavy (non-hydrogen) atoms. The summed E-state index contributed by atoms with van der Waals surface area (Å²) in [6.45, 7) is 0. The predicted octanol–water partition coefficient (Wildman–Crippen LogP) is 1.58. The number of carbonyl (C=O) groups is 1. The summed E-state index contributed by atoms with van der Waals surface area (Å²) in [6.07, 6.45) is 0. The third kappa shape index (κ3) is 1.89. The summed E-state index contributed by atoms with van der Waals surface area (Å²) in [5.41, 5.74) is 0.505. The van der Waals surface area contributed by atoms with Gasteiger partial charge in [-0.15, -0.1) is 0 Å². The average molecular weight is 186 g/mol. The van der Waals surface area contributed by atoms with Crippen LogP contribution in [-0.2, 0) is 0 Å². The van der Waals surface area contributed by atoms with Crippen molar-refractivity contribution in [2.75, 3.05) is 7.11 Å². The normalized spacial score (nSPS) is 9.17. The summed E-state index contributed by atoms with van der Waals surface area (Å²) in [4.78, 5) is 12.9. The maximum Gasteiger partial charge on any atom is 0.265 e. The van der Waals surface area contributed by atoms with Crippen LogP contribution < -0.4 is 9.57 Å². The van der Waals surface area contributed by atoms with Crippen LogP contribution in [0.15, 0.2) is 24.3 Å². The Hall–Kier alpha value is -1.22. The average Bonchev–Trinajstić information content (AvgIpc) is 2.17. The van der Waals surface area contributed by atoms with Crippen molar-refractivity contribution < 1.29 is 9.53 Å². The van der Waals surface area contributed by atoms with Gasteiger partial charge < -0.3 is 4.74 Å². The van der Waals surface area contributed by atoms with Crippen LogP contribution in [0.2, 0.25) is 0 Å². The molecule has 0 fully saturated rings. The van der Waals surface area contributed by atoms with Crippen molar-refractivity contribution in [1.82, 2.24) is 4.84 Å². The zero-order chi connectivity index (χ0) is 8.97. The topological polar surface area (TPSA) is 38.3 Å². The molecular weight excluding hydrogens is 178 g/mol. The molecule has 0 spiro atoms. The number of hydrogen-bond donors (Lipinski definition) is 1. The molecule has 0 aromatic heterocycles. The van der Waals surface area contributed by atoms with E-state index < -0.39 is 0 Å². The Morgan fingerprint density at radius 2 is 2.00 bits per heavy atom. The van der Waals surface area contributed by atoms with E-state index in [-0.39, 0.29) is 5.91 Å². The Kier molecular flexibility index (Phi) is 2.94. The van der Waals surface area contributed by atoms with Gasteiger partial charge in [0.15, 0.2) is 0 Å². The Bertz CT molecular complexity index is 271. The van der Waals surface area contributed by atoms with Gasteiger partial charge in [-0.3, -0.25) is 9.63 Å². The van der Waals surface area contributed by atoms with Crippen molar-refractivity contribution in [3.8, 4) is 5.75 Å². The van der Waals surface area contributed by atoms with E-state index in [9.17, 15) is 4.79 Å². The Balaban J connectivity index is 2.84. The van der Waals surface area contributed by atoms with E-state index in [1.165, 1.54) is 0 Å². The van der Waals surface area contributed by atoms with E-state index >= 15 is 0 Å². The molecule has 1 amide bonds. The van der Waals surface area contributed by atoms with E-state index in [1.807, 2.05) is 4.84 Å². The monoisotopic (exact) mass is 185 g/mol. The lowest BCUT2D eigenvalue weighted by Crippen LogP contribution is -2.11. The zero-order valence-corrected chi connectivity index (χ0v) is 7.26. The molecule has 0 saturated heterocycles. The van der Waals surface area contributed by atoms with Gasteiger partial charge in [-0.1, -0.05) is 0 Å². The smallest absolute Gasteiger partial charge is 0.265 e. The van der Waals surface area contributed by atoms with Gasteiger partial charge >= 0.3 is 0 Å². The molecule has 0 radical (unpaired) electrons. The van der Waals surface area contributed by atoms with Crippen molar-refractivity contribution in [2.24, 2.45) is 0 Å². The molecule has 1 aromatic carbocycles. The SMILES string of the molecule is COc1ccc(C(=O)NCl)cc1. The Morgan fingerprint density at radius 1 is 1.42 bits per heavy atom. The lowest BCUT2D eigenvalue weighted by Gasteiger charge is -2.00. The summed E-state index contributed by atoms with van der Waals surface area (Å²) in [6, 6.07) is 6.66. The van der Waals surface area contributed by atoms with Crippen molar-refractivity contribution in [3.05, 3.63) is 29.8 Å². The summed E-state index contributed by atoms with van der Waals surface area (Å²) < 4.78 is 4.92. The fourth-order valence-electron chi connectivity index (χ4n) is 0.797. The summed E-state index contributed by atoms with van der Waals surface area (Å²) in [7, 11) is 1.57. The highest BCUT2D eigenvalue weighted by atomic mass is 35.5. The molecule has 0 bridgehead atoms. The molecule has 0 aliphatic rings. The highest BCUT2D eigenvalue weighted by molar-refractivity contribution is 6.24. The van der Waals surface area contributed by atoms with Crippen LogP contribution >= 0.6 is 11.8 Å². The number of hydrogen-bond acceptors (Lipinski definition) is 2. The van der Waals surface area contributed by atoms with Gasteiger partial charge in [-0.2, -0.15) is 0 Å². The van der Waals surface area contributed by atoms with Gasteiger partial charge in [0, 0.05) is 17.3 Å². The van der Waals surface area contributed by atoms with Crippen LogP contribution in [0.1, 0.15) is 10.4 Å². The first-order valence-corrected chi connectivity index (χ1v) is 3.70. The standard InChI is InChI=1S/C8H8ClNO2/c1-12-7-4-2-6(3-5-7)8(11)10-9/h2-5H,1H3,(H,10,11). The highest BCUT2D eigenvalue weighted by Crippen LogP contribution is 2.10. The molecule has 1 rings (SSSR count). The number of ether oxygens (including phenoxy) is 1. The third-order valence-electron chi connectivity index (χ3n) is 1.44. The molecule has 0 aliphatic heterocycles. The number of carbonyl (C=O) groups excluding carboxylic acids is 1. The number of rotatable bonds is 2. The molecule has 64 valence electrons. The zero-order valence-electron chi connectivity index (χ0n) is 6.50. The van der Waals surface area contributed by atoms with E-state index in [2.05, 4.69) is 0 Å². The molecule has 0 unspecified atom stereocenters. The quantitative estimate of drug-likeness (QED) is 0.711. The molecule has 4 heteroatoms. The number of amides is 1. The molecule has 1 aromatic rings. The molecular formula is C8H8ClNO2. The maximum atomic E-state index is 10.9. The van der Waals surface area contributed by atoms with Crippen LogP contribution in [-0.4, -0.2) is 13.0 Å². The van der Waals surface area contributed by atoms with E-state index in [0.717, 1.165) is 0 Å².